The molecule has 0 radical (unpaired) electrons. The van der Waals surface area contributed by atoms with Crippen LogP contribution in [-0.2, 0) is 0 Å². The summed E-state index contributed by atoms with van der Waals surface area (Å²) in [6, 6.07) is 5.92. The zero-order valence-electron chi connectivity index (χ0n) is 15.1. The van der Waals surface area contributed by atoms with E-state index in [1.54, 1.807) is 6.20 Å². The summed E-state index contributed by atoms with van der Waals surface area (Å²) in [6.45, 7) is 4.77. The van der Waals surface area contributed by atoms with E-state index in [0.717, 1.165) is 54.4 Å². The lowest BCUT2D eigenvalue weighted by molar-refractivity contribution is 0.0944. The molecule has 138 valence electrons. The Morgan fingerprint density at radius 3 is 2.92 bits per heavy atom. The van der Waals surface area contributed by atoms with Crippen LogP contribution in [0.15, 0.2) is 24.4 Å². The van der Waals surface area contributed by atoms with Gasteiger partial charge in [0.1, 0.15) is 0 Å². The van der Waals surface area contributed by atoms with E-state index in [9.17, 15) is 4.79 Å². The lowest BCUT2D eigenvalue weighted by Gasteiger charge is -2.22. The molecule has 2 N–H and O–H groups in total. The minimum absolute atomic E-state index is 0.0121. The van der Waals surface area contributed by atoms with Crippen molar-refractivity contribution >= 4 is 17.5 Å². The summed E-state index contributed by atoms with van der Waals surface area (Å²) in [6.07, 6.45) is 6.27. The van der Waals surface area contributed by atoms with Crippen LogP contribution in [0.5, 0.6) is 0 Å². The first-order chi connectivity index (χ1) is 12.6. The molecule has 0 spiro atoms. The fraction of sp³-hybridized carbons (Fsp3) is 0.500. The van der Waals surface area contributed by atoms with Gasteiger partial charge in [-0.05, 0) is 69.3 Å². The Morgan fingerprint density at radius 2 is 2.23 bits per heavy atom. The van der Waals surface area contributed by atoms with Crippen LogP contribution < -0.4 is 10.6 Å². The molecular formula is C20H25ClN4O. The van der Waals surface area contributed by atoms with Crippen molar-refractivity contribution in [2.24, 2.45) is 5.92 Å². The maximum atomic E-state index is 12.8. The number of piperidine rings is 1. The Bertz CT molecular complexity index is 806. The van der Waals surface area contributed by atoms with Crippen molar-refractivity contribution in [3.05, 3.63) is 46.2 Å². The van der Waals surface area contributed by atoms with E-state index in [1.807, 2.05) is 29.8 Å². The van der Waals surface area contributed by atoms with Gasteiger partial charge in [0.15, 0.2) is 0 Å². The molecule has 1 unspecified atom stereocenters. The first kappa shape index (κ1) is 17.6. The Labute approximate surface area is 159 Å². The van der Waals surface area contributed by atoms with Crippen molar-refractivity contribution in [2.45, 2.75) is 38.5 Å². The average Bonchev–Trinajstić information content (AvgIpc) is 3.41. The number of halogens is 1. The number of aryl methyl sites for hydroxylation is 1. The smallest absolute Gasteiger partial charge is 0.254 e. The molecule has 1 aromatic carbocycles. The van der Waals surface area contributed by atoms with Gasteiger partial charge < -0.3 is 10.6 Å². The highest BCUT2D eigenvalue weighted by molar-refractivity contribution is 6.31. The molecule has 6 heteroatoms. The Kier molecular flexibility index (Phi) is 5.00. The van der Waals surface area contributed by atoms with Crippen LogP contribution in [0.3, 0.4) is 0 Å². The number of hydrogen-bond acceptors (Lipinski definition) is 3. The van der Waals surface area contributed by atoms with Gasteiger partial charge in [-0.3, -0.25) is 4.79 Å². The maximum absolute atomic E-state index is 12.8. The standard InChI is InChI=1S/C20H25ClN4O/c1-13-4-7-16(9-18(13)21)25-19(15-5-6-15)17(12-24-25)20(26)23-11-14-3-2-8-22-10-14/h4,7,9,12,14-15,22H,2-3,5-6,8,10-11H2,1H3,(H,23,26). The summed E-state index contributed by atoms with van der Waals surface area (Å²) in [5.74, 6) is 0.916. The third-order valence-electron chi connectivity index (χ3n) is 5.37. The highest BCUT2D eigenvalue weighted by Crippen LogP contribution is 2.42. The second-order valence-electron chi connectivity index (χ2n) is 7.49. The van der Waals surface area contributed by atoms with E-state index >= 15 is 0 Å². The lowest BCUT2D eigenvalue weighted by atomic mass is 9.99. The van der Waals surface area contributed by atoms with Crippen LogP contribution in [-0.4, -0.2) is 35.3 Å². The van der Waals surface area contributed by atoms with Crippen molar-refractivity contribution in [2.75, 3.05) is 19.6 Å². The van der Waals surface area contributed by atoms with E-state index in [0.29, 0.717) is 17.4 Å². The molecule has 5 nitrogen and oxygen atoms in total. The lowest BCUT2D eigenvalue weighted by Crippen LogP contribution is -2.38. The van der Waals surface area contributed by atoms with Crippen molar-refractivity contribution in [1.82, 2.24) is 20.4 Å². The highest BCUT2D eigenvalue weighted by atomic mass is 35.5. The molecule has 2 aliphatic rings. The minimum atomic E-state index is -0.0121. The van der Waals surface area contributed by atoms with Crippen LogP contribution in [0.1, 0.15) is 53.2 Å². The average molecular weight is 373 g/mol. The summed E-state index contributed by atoms with van der Waals surface area (Å²) < 4.78 is 1.89. The normalized spacial score (nSPS) is 20.2. The van der Waals surface area contributed by atoms with Gasteiger partial charge in [-0.25, -0.2) is 4.68 Å². The number of carbonyl (C=O) groups excluding carboxylic acids is 1. The van der Waals surface area contributed by atoms with Crippen molar-refractivity contribution in [3.63, 3.8) is 0 Å². The first-order valence-electron chi connectivity index (χ1n) is 9.47. The van der Waals surface area contributed by atoms with Crippen molar-refractivity contribution < 1.29 is 4.79 Å². The molecule has 1 aliphatic heterocycles. The number of nitrogens with zero attached hydrogens (tertiary/aromatic N) is 2. The molecule has 1 saturated carbocycles. The Balaban J connectivity index is 1.55. The predicted molar refractivity (Wildman–Crippen MR) is 103 cm³/mol. The second kappa shape index (κ2) is 7.41. The van der Waals surface area contributed by atoms with E-state index < -0.39 is 0 Å². The molecule has 1 aliphatic carbocycles. The topological polar surface area (TPSA) is 59.0 Å². The quantitative estimate of drug-likeness (QED) is 0.845. The molecule has 2 aromatic rings. The van der Waals surface area contributed by atoms with E-state index in [2.05, 4.69) is 15.7 Å². The van der Waals surface area contributed by atoms with Crippen LogP contribution >= 0.6 is 11.6 Å². The van der Waals surface area contributed by atoms with Crippen molar-refractivity contribution in [3.8, 4) is 5.69 Å². The molecule has 1 saturated heterocycles. The fourth-order valence-electron chi connectivity index (χ4n) is 3.63. The number of carbonyl (C=O) groups is 1. The minimum Gasteiger partial charge on any atom is -0.352 e. The number of amides is 1. The van der Waals surface area contributed by atoms with Gasteiger partial charge in [0.05, 0.1) is 23.1 Å². The van der Waals surface area contributed by atoms with Crippen LogP contribution in [0.2, 0.25) is 5.02 Å². The van der Waals surface area contributed by atoms with E-state index in [1.165, 1.54) is 12.8 Å². The van der Waals surface area contributed by atoms with Gasteiger partial charge in [0.25, 0.3) is 5.91 Å². The van der Waals surface area contributed by atoms with Gasteiger partial charge in [-0.15, -0.1) is 0 Å². The Hall–Kier alpha value is -1.85. The van der Waals surface area contributed by atoms with Crippen LogP contribution in [0.25, 0.3) is 5.69 Å². The monoisotopic (exact) mass is 372 g/mol. The molecule has 1 aromatic heterocycles. The molecule has 4 rings (SSSR count). The zero-order chi connectivity index (χ0) is 18.1. The summed E-state index contributed by atoms with van der Waals surface area (Å²) in [5, 5.41) is 11.7. The van der Waals surface area contributed by atoms with Gasteiger partial charge in [-0.2, -0.15) is 5.10 Å². The fourth-order valence-corrected chi connectivity index (χ4v) is 3.81. The van der Waals surface area contributed by atoms with E-state index in [4.69, 9.17) is 11.6 Å². The number of aromatic nitrogens is 2. The molecule has 0 bridgehead atoms. The Morgan fingerprint density at radius 1 is 1.38 bits per heavy atom. The predicted octanol–water partition coefficient (Wildman–Crippen LogP) is 3.44. The number of rotatable bonds is 5. The van der Waals surface area contributed by atoms with Gasteiger partial charge in [0, 0.05) is 17.5 Å². The third-order valence-corrected chi connectivity index (χ3v) is 5.77. The van der Waals surface area contributed by atoms with Gasteiger partial charge in [0.2, 0.25) is 0 Å². The summed E-state index contributed by atoms with van der Waals surface area (Å²) in [5.41, 5.74) is 3.67. The van der Waals surface area contributed by atoms with Crippen LogP contribution in [0, 0.1) is 12.8 Å². The third kappa shape index (κ3) is 3.64. The largest absolute Gasteiger partial charge is 0.352 e. The molecule has 26 heavy (non-hydrogen) atoms. The molecule has 1 amide bonds. The molecule has 2 heterocycles. The molecule has 1 atom stereocenters. The first-order valence-corrected chi connectivity index (χ1v) is 9.84. The highest BCUT2D eigenvalue weighted by Gasteiger charge is 2.33. The van der Waals surface area contributed by atoms with Crippen LogP contribution in [0.4, 0.5) is 0 Å². The SMILES string of the molecule is Cc1ccc(-n2ncc(C(=O)NCC3CCCNC3)c2C2CC2)cc1Cl. The summed E-state index contributed by atoms with van der Waals surface area (Å²) in [7, 11) is 0. The zero-order valence-corrected chi connectivity index (χ0v) is 15.9. The van der Waals surface area contributed by atoms with Gasteiger partial charge >= 0.3 is 0 Å². The van der Waals surface area contributed by atoms with Crippen molar-refractivity contribution in [1.29, 1.82) is 0 Å². The molecule has 2 fully saturated rings. The number of hydrogen-bond donors (Lipinski definition) is 2. The van der Waals surface area contributed by atoms with Gasteiger partial charge in [-0.1, -0.05) is 17.7 Å². The summed E-state index contributed by atoms with van der Waals surface area (Å²) >= 11 is 6.29. The number of benzene rings is 1. The number of nitrogens with one attached hydrogen (secondary N) is 2. The second-order valence-corrected chi connectivity index (χ2v) is 7.89. The molecular weight excluding hydrogens is 348 g/mol. The van der Waals surface area contributed by atoms with E-state index in [-0.39, 0.29) is 5.91 Å². The summed E-state index contributed by atoms with van der Waals surface area (Å²) in [4.78, 5) is 12.8. The maximum Gasteiger partial charge on any atom is 0.254 e.